The van der Waals surface area contributed by atoms with Gasteiger partial charge in [-0.25, -0.2) is 0 Å². The minimum absolute atomic E-state index is 0.322. The van der Waals surface area contributed by atoms with Crippen molar-refractivity contribution in [2.45, 2.75) is 37.0 Å². The molecule has 4 nitrogen and oxygen atoms in total. The predicted octanol–water partition coefficient (Wildman–Crippen LogP) is 22.7. The highest BCUT2D eigenvalue weighted by Crippen LogP contribution is 2.65. The molecule has 0 N–H and O–H groups in total. The maximum Gasteiger partial charge on any atom is 0.252 e. The van der Waals surface area contributed by atoms with Crippen molar-refractivity contribution in [3.8, 4) is 89.8 Å². The average molecular weight is 1290 g/mol. The highest BCUT2D eigenvalue weighted by Gasteiger charge is 2.56. The number of para-hydroxylation sites is 2. The van der Waals surface area contributed by atoms with Gasteiger partial charge in [0.1, 0.15) is 23.0 Å². The summed E-state index contributed by atoms with van der Waals surface area (Å²) in [4.78, 5) is 5.24. The van der Waals surface area contributed by atoms with Crippen molar-refractivity contribution in [2.24, 2.45) is 0 Å². The molecule has 0 saturated heterocycles. The number of benzene rings is 15. The van der Waals surface area contributed by atoms with Crippen molar-refractivity contribution in [2.75, 3.05) is 9.80 Å². The van der Waals surface area contributed by atoms with E-state index in [0.29, 0.717) is 0 Å². The standard InChI is InChI=1S/C96H65BN2O2/c1-94(2,3)68-54-87-93-88(55-68)99(70-52-66(62-32-12-6-13-33-62)49-67(53-70)63-34-14-7-15-35-63)86-59-92-82(96(80-45-25-27-47-90(80)101-92)77-42-22-18-38-73(77)74-39-19-23-43-78(74)96)57-84(86)97(93)83-56-81-91(100-89-46-26-24-44-79(89)95(81)75-40-20-16-36-71(75)72-37-17-21-41-76(72)95)58-85(83)98(87)69-50-64(60-28-8-4-9-29-60)48-65(51-69)61-30-10-5-11-31-61/h4-59H,1-3H3. The fraction of sp³-hybridized carbons (Fsp3) is 0.0625. The molecule has 101 heavy (non-hydrogen) atoms. The van der Waals surface area contributed by atoms with Crippen LogP contribution >= 0.6 is 0 Å². The summed E-state index contributed by atoms with van der Waals surface area (Å²) in [6.45, 7) is 6.74. The number of fused-ring (bicyclic) bond motifs is 22. The van der Waals surface area contributed by atoms with Crippen molar-refractivity contribution in [3.63, 3.8) is 0 Å². The second kappa shape index (κ2) is 21.5. The number of ether oxygens (including phenoxy) is 2. The van der Waals surface area contributed by atoms with Gasteiger partial charge in [0.05, 0.1) is 10.8 Å². The third kappa shape index (κ3) is 8.20. The van der Waals surface area contributed by atoms with Crippen LogP contribution in [-0.2, 0) is 16.2 Å². The second-order valence-electron chi connectivity index (χ2n) is 29.0. The zero-order chi connectivity index (χ0) is 66.9. The van der Waals surface area contributed by atoms with Gasteiger partial charge in [-0.15, -0.1) is 0 Å². The van der Waals surface area contributed by atoms with Crippen LogP contribution in [0.3, 0.4) is 0 Å². The van der Waals surface area contributed by atoms with E-state index in [0.717, 1.165) is 124 Å². The van der Waals surface area contributed by atoms with E-state index in [9.17, 15) is 0 Å². The van der Waals surface area contributed by atoms with Crippen LogP contribution in [0.4, 0.5) is 34.1 Å². The number of rotatable bonds is 6. The van der Waals surface area contributed by atoms with Gasteiger partial charge in [-0.05, 0) is 177 Å². The van der Waals surface area contributed by atoms with Crippen LogP contribution in [0.15, 0.2) is 340 Å². The Morgan fingerprint density at radius 2 is 0.554 bits per heavy atom. The summed E-state index contributed by atoms with van der Waals surface area (Å²) in [5.41, 5.74) is 32.9. The first-order valence-corrected chi connectivity index (χ1v) is 35.3. The van der Waals surface area contributed by atoms with Crippen molar-refractivity contribution in [1.82, 2.24) is 0 Å². The van der Waals surface area contributed by atoms with E-state index in [2.05, 4.69) is 370 Å². The first-order valence-electron chi connectivity index (χ1n) is 35.3. The monoisotopic (exact) mass is 1290 g/mol. The molecular formula is C96H65BN2O2. The summed E-state index contributed by atoms with van der Waals surface area (Å²) in [6.07, 6.45) is 0. The van der Waals surface area contributed by atoms with Crippen molar-refractivity contribution < 1.29 is 9.47 Å². The Morgan fingerprint density at radius 1 is 0.257 bits per heavy atom. The number of anilines is 6. The molecule has 0 atom stereocenters. The maximum atomic E-state index is 7.63. The number of hydrogen-bond donors (Lipinski definition) is 0. The van der Waals surface area contributed by atoms with Gasteiger partial charge in [0.15, 0.2) is 0 Å². The van der Waals surface area contributed by atoms with E-state index in [-0.39, 0.29) is 12.1 Å². The molecule has 15 aromatic carbocycles. The third-order valence-corrected chi connectivity index (χ3v) is 22.6. The highest BCUT2D eigenvalue weighted by molar-refractivity contribution is 7.00. The lowest BCUT2D eigenvalue weighted by Crippen LogP contribution is -2.62. The summed E-state index contributed by atoms with van der Waals surface area (Å²) in [5.74, 6) is 3.36. The molecule has 15 aromatic rings. The zero-order valence-corrected chi connectivity index (χ0v) is 56.1. The Kier molecular flexibility index (Phi) is 12.3. The largest absolute Gasteiger partial charge is 0.457 e. The molecule has 0 unspecified atom stereocenters. The summed E-state index contributed by atoms with van der Waals surface area (Å²) < 4.78 is 15.3. The number of nitrogens with zero attached hydrogens (tertiary/aromatic N) is 2. The van der Waals surface area contributed by atoms with Gasteiger partial charge in [-0.2, -0.15) is 0 Å². The minimum atomic E-state index is -0.756. The van der Waals surface area contributed by atoms with E-state index in [1.54, 1.807) is 0 Å². The lowest BCUT2D eigenvalue weighted by atomic mass is 9.33. The van der Waals surface area contributed by atoms with Crippen LogP contribution in [0.5, 0.6) is 23.0 Å². The lowest BCUT2D eigenvalue weighted by Gasteiger charge is -2.47. The second-order valence-corrected chi connectivity index (χ2v) is 29.0. The van der Waals surface area contributed by atoms with E-state index < -0.39 is 10.8 Å². The van der Waals surface area contributed by atoms with Crippen LogP contribution < -0.4 is 35.7 Å². The van der Waals surface area contributed by atoms with Gasteiger partial charge in [0.25, 0.3) is 6.71 Å². The molecule has 0 radical (unpaired) electrons. The summed E-state index contributed by atoms with van der Waals surface area (Å²) in [7, 11) is 0. The molecule has 4 aliphatic heterocycles. The van der Waals surface area contributed by atoms with Gasteiger partial charge in [0.2, 0.25) is 0 Å². The van der Waals surface area contributed by atoms with E-state index in [1.807, 2.05) is 0 Å². The molecule has 0 saturated carbocycles. The Bertz CT molecular complexity index is 5410. The molecule has 474 valence electrons. The molecule has 6 aliphatic rings. The smallest absolute Gasteiger partial charge is 0.252 e. The fourth-order valence-electron chi connectivity index (χ4n) is 18.4. The SMILES string of the molecule is CC(C)(C)c1cc2c3c(c1)N(c1cc(-c4ccccc4)cc(-c4ccccc4)c1)c1cc4c(cc1B3c1cc3c(cc1N2c1cc(-c2ccccc2)cc(-c2ccccc2)c1)Oc1ccccc1C31c2ccccc2-c2ccccc21)C1(c2ccccc2O4)c2ccccc2-c2ccccc21. The van der Waals surface area contributed by atoms with E-state index in [1.165, 1.54) is 66.5 Å². The normalized spacial score (nSPS) is 14.3. The zero-order valence-electron chi connectivity index (χ0n) is 56.1. The third-order valence-electron chi connectivity index (χ3n) is 22.6. The first-order chi connectivity index (χ1) is 49.7. The van der Waals surface area contributed by atoms with Crippen LogP contribution in [-0.4, -0.2) is 6.71 Å². The summed E-state index contributed by atoms with van der Waals surface area (Å²) in [6, 6.07) is 127. The Morgan fingerprint density at radius 3 is 0.881 bits per heavy atom. The van der Waals surface area contributed by atoms with Crippen LogP contribution in [0.2, 0.25) is 0 Å². The van der Waals surface area contributed by atoms with Crippen LogP contribution in [0, 0.1) is 0 Å². The lowest BCUT2D eigenvalue weighted by molar-refractivity contribution is 0.436. The van der Waals surface area contributed by atoms with Crippen LogP contribution in [0.25, 0.3) is 66.8 Å². The Balaban J connectivity index is 0.943. The number of hydrogen-bond acceptors (Lipinski definition) is 4. The van der Waals surface area contributed by atoms with Crippen molar-refractivity contribution in [3.05, 3.63) is 390 Å². The summed E-state index contributed by atoms with van der Waals surface area (Å²) in [5, 5.41) is 0. The molecule has 2 aliphatic carbocycles. The van der Waals surface area contributed by atoms with E-state index in [4.69, 9.17) is 9.47 Å². The minimum Gasteiger partial charge on any atom is -0.457 e. The quantitative estimate of drug-likeness (QED) is 0.155. The van der Waals surface area contributed by atoms with Gasteiger partial charge in [-0.1, -0.05) is 288 Å². The molecular weight excluding hydrogens is 1220 g/mol. The van der Waals surface area contributed by atoms with Gasteiger partial charge < -0.3 is 19.3 Å². The molecule has 0 fully saturated rings. The fourth-order valence-corrected chi connectivity index (χ4v) is 18.4. The van der Waals surface area contributed by atoms with Gasteiger partial charge >= 0.3 is 0 Å². The average Bonchev–Trinajstić information content (AvgIpc) is 1.64. The first kappa shape index (κ1) is 57.6. The Hall–Kier alpha value is -12.4. The highest BCUT2D eigenvalue weighted by atomic mass is 16.5. The van der Waals surface area contributed by atoms with E-state index >= 15 is 0 Å². The molecule has 5 heteroatoms. The molecule has 0 aromatic heterocycles. The molecule has 2 spiro atoms. The Labute approximate surface area is 589 Å². The van der Waals surface area contributed by atoms with Gasteiger partial charge in [0, 0.05) is 68.5 Å². The molecule has 4 heterocycles. The molecule has 0 amide bonds. The van der Waals surface area contributed by atoms with Crippen molar-refractivity contribution in [1.29, 1.82) is 0 Å². The van der Waals surface area contributed by atoms with Crippen LogP contribution in [0.1, 0.15) is 70.8 Å². The maximum absolute atomic E-state index is 7.63. The summed E-state index contributed by atoms with van der Waals surface area (Å²) >= 11 is 0. The molecule has 21 rings (SSSR count). The predicted molar refractivity (Wildman–Crippen MR) is 416 cm³/mol. The van der Waals surface area contributed by atoms with Crippen molar-refractivity contribution >= 4 is 57.2 Å². The topological polar surface area (TPSA) is 24.9 Å². The van der Waals surface area contributed by atoms with Gasteiger partial charge in [-0.3, -0.25) is 0 Å². The molecule has 0 bridgehead atoms.